The lowest BCUT2D eigenvalue weighted by atomic mass is 10.0. The summed E-state index contributed by atoms with van der Waals surface area (Å²) < 4.78 is 53.9. The van der Waals surface area contributed by atoms with Gasteiger partial charge in [-0.05, 0) is 30.8 Å². The third-order valence-electron chi connectivity index (χ3n) is 3.11. The van der Waals surface area contributed by atoms with Gasteiger partial charge in [0, 0.05) is 7.11 Å². The molecule has 0 unspecified atom stereocenters. The van der Waals surface area contributed by atoms with Crippen molar-refractivity contribution in [1.82, 2.24) is 0 Å². The molecule has 118 valence electrons. The van der Waals surface area contributed by atoms with Crippen molar-refractivity contribution in [3.8, 4) is 0 Å². The highest BCUT2D eigenvalue weighted by atomic mass is 32.2. The van der Waals surface area contributed by atoms with Gasteiger partial charge in [0.1, 0.15) is 18.8 Å². The van der Waals surface area contributed by atoms with Crippen LogP contribution in [0.5, 0.6) is 0 Å². The van der Waals surface area contributed by atoms with Crippen molar-refractivity contribution < 1.29 is 21.9 Å². The second-order valence-electron chi connectivity index (χ2n) is 4.49. The van der Waals surface area contributed by atoms with E-state index in [4.69, 9.17) is 4.74 Å². The Labute approximate surface area is 123 Å². The van der Waals surface area contributed by atoms with Crippen LogP contribution in [0.1, 0.15) is 18.1 Å². The van der Waals surface area contributed by atoms with E-state index < -0.39 is 35.3 Å². The van der Waals surface area contributed by atoms with Crippen molar-refractivity contribution in [1.29, 1.82) is 0 Å². The van der Waals surface area contributed by atoms with Gasteiger partial charge < -0.3 is 4.74 Å². The van der Waals surface area contributed by atoms with Crippen LogP contribution in [0, 0.1) is 0 Å². The number of nitrogens with zero attached hydrogens (tertiary/aromatic N) is 1. The summed E-state index contributed by atoms with van der Waals surface area (Å²) in [6, 6.07) is 5.17. The molecule has 7 heteroatoms. The van der Waals surface area contributed by atoms with E-state index in [-0.39, 0.29) is 17.1 Å². The molecule has 0 amide bonds. The molecular weight excluding hydrogens is 300 g/mol. The summed E-state index contributed by atoms with van der Waals surface area (Å²) in [7, 11) is -2.07. The van der Waals surface area contributed by atoms with Crippen molar-refractivity contribution in [2.45, 2.75) is 23.5 Å². The zero-order valence-corrected chi connectivity index (χ0v) is 12.7. The van der Waals surface area contributed by atoms with Crippen LogP contribution in [0.3, 0.4) is 0 Å². The number of halogens is 2. The third kappa shape index (κ3) is 4.57. The monoisotopic (exact) mass is 319 g/mol. The van der Waals surface area contributed by atoms with Crippen molar-refractivity contribution >= 4 is 16.6 Å². The molecule has 0 aliphatic carbocycles. The lowest BCUT2D eigenvalue weighted by molar-refractivity contribution is 0.0731. The second-order valence-corrected chi connectivity index (χ2v) is 6.60. The lowest BCUT2D eigenvalue weighted by Crippen LogP contribution is -2.20. The highest BCUT2D eigenvalue weighted by molar-refractivity contribution is 7.91. The van der Waals surface area contributed by atoms with Crippen LogP contribution < -0.4 is 0 Å². The molecule has 0 saturated heterocycles. The predicted octanol–water partition coefficient (Wildman–Crippen LogP) is 2.55. The molecule has 0 saturated carbocycles. The summed E-state index contributed by atoms with van der Waals surface area (Å²) in [5.74, 6) is -0.238. The van der Waals surface area contributed by atoms with Gasteiger partial charge >= 0.3 is 0 Å². The minimum atomic E-state index is -3.49. The van der Waals surface area contributed by atoms with Crippen molar-refractivity contribution in [3.05, 3.63) is 29.8 Å². The number of sulfone groups is 1. The maximum atomic E-state index is 12.8. The maximum absolute atomic E-state index is 12.8. The molecule has 0 aromatic heterocycles. The summed E-state index contributed by atoms with van der Waals surface area (Å²) in [6.45, 7) is 1.92. The number of alkyl halides is 2. The zero-order valence-electron chi connectivity index (χ0n) is 11.8. The normalized spacial score (nSPS) is 14.6. The number of ether oxygens (including phenoxy) is 1. The van der Waals surface area contributed by atoms with Crippen LogP contribution in [-0.4, -0.2) is 47.4 Å². The van der Waals surface area contributed by atoms with Crippen molar-refractivity contribution in [2.75, 3.05) is 26.2 Å². The van der Waals surface area contributed by atoms with Gasteiger partial charge in [0.2, 0.25) is 0 Å². The average Bonchev–Trinajstić information content (AvgIpc) is 2.50. The van der Waals surface area contributed by atoms with E-state index >= 15 is 0 Å². The van der Waals surface area contributed by atoms with E-state index in [0.29, 0.717) is 5.56 Å². The molecule has 0 radical (unpaired) electrons. The summed E-state index contributed by atoms with van der Waals surface area (Å²) in [5, 5.41) is 0. The number of methoxy groups -OCH3 is 1. The van der Waals surface area contributed by atoms with Crippen LogP contribution in [0.2, 0.25) is 0 Å². The number of benzene rings is 1. The summed E-state index contributed by atoms with van der Waals surface area (Å²) in [5.41, 5.74) is 0.608. The van der Waals surface area contributed by atoms with Gasteiger partial charge in [0.25, 0.3) is 0 Å². The van der Waals surface area contributed by atoms with E-state index in [0.717, 1.165) is 0 Å². The Kier molecular flexibility index (Phi) is 6.91. The van der Waals surface area contributed by atoms with Gasteiger partial charge in [-0.15, -0.1) is 0 Å². The zero-order chi connectivity index (χ0) is 15.9. The van der Waals surface area contributed by atoms with Crippen LogP contribution >= 0.6 is 0 Å². The minimum absolute atomic E-state index is 0.0326. The first kappa shape index (κ1) is 17.7. The Balaban J connectivity index is 2.98. The summed E-state index contributed by atoms with van der Waals surface area (Å²) in [4.78, 5) is 3.77. The summed E-state index contributed by atoms with van der Waals surface area (Å²) in [6.07, 6.45) is -0.662. The molecule has 4 nitrogen and oxygen atoms in total. The van der Waals surface area contributed by atoms with Gasteiger partial charge in [-0.25, -0.2) is 12.8 Å². The quantitative estimate of drug-likeness (QED) is 0.657. The fraction of sp³-hybridized carbons (Fsp3) is 0.500. The highest BCUT2D eigenvalue weighted by Gasteiger charge is 2.22. The first-order valence-corrected chi connectivity index (χ1v) is 8.08. The van der Waals surface area contributed by atoms with Gasteiger partial charge in [0.05, 0.1) is 17.3 Å². The standard InChI is InChI=1S/C14H19F2NO3S/c1-17-13(10-16)14(20-2)11-4-6-12(7-5-11)21(18,19)9-3-8-15/h4-7,13-14H,1,3,8-10H2,2H3/t13-,14-/m1/s1. The van der Waals surface area contributed by atoms with Crippen molar-refractivity contribution in [3.63, 3.8) is 0 Å². The first-order chi connectivity index (χ1) is 10.00. The molecule has 21 heavy (non-hydrogen) atoms. The van der Waals surface area contributed by atoms with Gasteiger partial charge in [0.15, 0.2) is 9.84 Å². The Morgan fingerprint density at radius 1 is 1.29 bits per heavy atom. The molecule has 2 atom stereocenters. The number of hydrogen-bond acceptors (Lipinski definition) is 4. The predicted molar refractivity (Wildman–Crippen MR) is 78.1 cm³/mol. The van der Waals surface area contributed by atoms with E-state index in [1.54, 1.807) is 12.1 Å². The largest absolute Gasteiger partial charge is 0.374 e. The van der Waals surface area contributed by atoms with Crippen molar-refractivity contribution in [2.24, 2.45) is 4.99 Å². The lowest BCUT2D eigenvalue weighted by Gasteiger charge is -2.20. The topological polar surface area (TPSA) is 55.7 Å². The molecule has 0 N–H and O–H groups in total. The number of hydrogen-bond donors (Lipinski definition) is 0. The highest BCUT2D eigenvalue weighted by Crippen LogP contribution is 2.25. The molecule has 0 heterocycles. The van der Waals surface area contributed by atoms with Crippen LogP contribution in [0.4, 0.5) is 8.78 Å². The van der Waals surface area contributed by atoms with E-state index in [2.05, 4.69) is 11.7 Å². The molecule has 1 aromatic rings. The average molecular weight is 319 g/mol. The molecule has 0 bridgehead atoms. The molecule has 0 aliphatic rings. The van der Waals surface area contributed by atoms with Crippen LogP contribution in [0.25, 0.3) is 0 Å². The minimum Gasteiger partial charge on any atom is -0.374 e. The molecule has 0 aliphatic heterocycles. The Morgan fingerprint density at radius 2 is 1.90 bits per heavy atom. The molecule has 0 spiro atoms. The van der Waals surface area contributed by atoms with Crippen LogP contribution in [-0.2, 0) is 14.6 Å². The first-order valence-electron chi connectivity index (χ1n) is 6.43. The molecular formula is C14H19F2NO3S. The van der Waals surface area contributed by atoms with E-state index in [1.807, 2.05) is 0 Å². The van der Waals surface area contributed by atoms with E-state index in [1.165, 1.54) is 19.2 Å². The SMILES string of the molecule is C=N[C@H](CF)[C@H](OC)c1ccc(S(=O)(=O)CCCF)cc1. The molecule has 0 fully saturated rings. The number of aliphatic imine (C=N–C) groups is 1. The fourth-order valence-electron chi connectivity index (χ4n) is 1.97. The second kappa shape index (κ2) is 8.19. The smallest absolute Gasteiger partial charge is 0.178 e. The number of rotatable bonds is 9. The molecule has 1 rings (SSSR count). The van der Waals surface area contributed by atoms with Crippen LogP contribution in [0.15, 0.2) is 34.2 Å². The summed E-state index contributed by atoms with van der Waals surface area (Å²) >= 11 is 0. The Hall–Kier alpha value is -1.34. The fourth-order valence-corrected chi connectivity index (χ4v) is 3.24. The van der Waals surface area contributed by atoms with Gasteiger partial charge in [-0.2, -0.15) is 0 Å². The van der Waals surface area contributed by atoms with E-state index in [9.17, 15) is 17.2 Å². The Bertz CT molecular complexity index is 546. The Morgan fingerprint density at radius 3 is 2.33 bits per heavy atom. The third-order valence-corrected chi connectivity index (χ3v) is 4.93. The van der Waals surface area contributed by atoms with Gasteiger partial charge in [-0.3, -0.25) is 9.38 Å². The van der Waals surface area contributed by atoms with Gasteiger partial charge in [-0.1, -0.05) is 12.1 Å². The molecule has 1 aromatic carbocycles. The maximum Gasteiger partial charge on any atom is 0.178 e.